The van der Waals surface area contributed by atoms with Crippen molar-refractivity contribution in [1.29, 1.82) is 0 Å². The molecule has 0 saturated carbocycles. The number of benzene rings is 1. The summed E-state index contributed by atoms with van der Waals surface area (Å²) in [5.74, 6) is 0.846. The average molecular weight is 419 g/mol. The van der Waals surface area contributed by atoms with Crippen molar-refractivity contribution >= 4 is 23.4 Å². The van der Waals surface area contributed by atoms with Crippen LogP contribution in [0.15, 0.2) is 55.0 Å². The smallest absolute Gasteiger partial charge is 0.256 e. The zero-order valence-electron chi connectivity index (χ0n) is 17.5. The van der Waals surface area contributed by atoms with Gasteiger partial charge in [-0.2, -0.15) is 4.98 Å². The molecule has 2 aromatic heterocycles. The molecule has 2 N–H and O–H groups in total. The summed E-state index contributed by atoms with van der Waals surface area (Å²) >= 11 is 0. The van der Waals surface area contributed by atoms with Crippen LogP contribution >= 0.6 is 0 Å². The van der Waals surface area contributed by atoms with Gasteiger partial charge in [-0.25, -0.2) is 4.98 Å². The van der Waals surface area contributed by atoms with Crippen molar-refractivity contribution in [2.24, 2.45) is 0 Å². The third-order valence-corrected chi connectivity index (χ3v) is 5.09. The minimum absolute atomic E-state index is 0.231. The monoisotopic (exact) mass is 418 g/mol. The van der Waals surface area contributed by atoms with Crippen molar-refractivity contribution < 1.29 is 9.53 Å². The lowest BCUT2D eigenvalue weighted by Crippen LogP contribution is -2.29. The second kappa shape index (κ2) is 9.99. The van der Waals surface area contributed by atoms with Gasteiger partial charge in [0.1, 0.15) is 11.4 Å². The van der Waals surface area contributed by atoms with Gasteiger partial charge in [-0.05, 0) is 42.7 Å². The van der Waals surface area contributed by atoms with Crippen molar-refractivity contribution in [3.05, 3.63) is 71.7 Å². The molecule has 0 fully saturated rings. The summed E-state index contributed by atoms with van der Waals surface area (Å²) in [6.07, 6.45) is 6.02. The maximum atomic E-state index is 12.8. The quantitative estimate of drug-likeness (QED) is 0.516. The number of fused-ring (bicyclic) bond motifs is 1. The van der Waals surface area contributed by atoms with Gasteiger partial charge < -0.3 is 20.3 Å². The largest absolute Gasteiger partial charge is 0.380 e. The second-order valence-corrected chi connectivity index (χ2v) is 7.12. The number of aromatic nitrogens is 3. The van der Waals surface area contributed by atoms with Crippen LogP contribution in [0.1, 0.15) is 28.4 Å². The van der Waals surface area contributed by atoms with Crippen LogP contribution in [0, 0.1) is 0 Å². The topological polar surface area (TPSA) is 92.3 Å². The summed E-state index contributed by atoms with van der Waals surface area (Å²) in [5, 5.41) is 6.17. The van der Waals surface area contributed by atoms with E-state index in [9.17, 15) is 4.79 Å². The Hall–Kier alpha value is -3.52. The van der Waals surface area contributed by atoms with Gasteiger partial charge in [-0.15, -0.1) is 0 Å². The number of para-hydroxylation sites is 1. The molecule has 1 amide bonds. The molecule has 0 unspecified atom stereocenters. The highest BCUT2D eigenvalue weighted by molar-refractivity contribution is 5.98. The Balaban J connectivity index is 1.58. The Bertz CT molecular complexity index is 1030. The molecular formula is C23H26N6O2. The van der Waals surface area contributed by atoms with Gasteiger partial charge in [0, 0.05) is 50.5 Å². The summed E-state index contributed by atoms with van der Waals surface area (Å²) in [4.78, 5) is 28.1. The number of amides is 1. The third kappa shape index (κ3) is 4.97. The van der Waals surface area contributed by atoms with Crippen molar-refractivity contribution in [1.82, 2.24) is 20.3 Å². The summed E-state index contributed by atoms with van der Waals surface area (Å²) in [6.45, 7) is 4.76. The first-order valence-electron chi connectivity index (χ1n) is 10.5. The molecule has 1 aromatic carbocycles. The number of anilines is 3. The number of hydrogen-bond donors (Lipinski definition) is 2. The molecule has 31 heavy (non-hydrogen) atoms. The number of pyridine rings is 1. The zero-order valence-corrected chi connectivity index (χ0v) is 17.5. The zero-order chi connectivity index (χ0) is 21.5. The van der Waals surface area contributed by atoms with Crippen molar-refractivity contribution in [2.45, 2.75) is 19.9 Å². The molecule has 1 aliphatic heterocycles. The Morgan fingerprint density at radius 2 is 2.03 bits per heavy atom. The first-order valence-corrected chi connectivity index (χ1v) is 10.5. The van der Waals surface area contributed by atoms with E-state index in [4.69, 9.17) is 9.72 Å². The predicted octanol–water partition coefficient (Wildman–Crippen LogP) is 2.94. The predicted molar refractivity (Wildman–Crippen MR) is 120 cm³/mol. The van der Waals surface area contributed by atoms with E-state index in [1.165, 1.54) is 5.56 Å². The van der Waals surface area contributed by atoms with E-state index in [-0.39, 0.29) is 5.91 Å². The number of nitrogens with one attached hydrogen (secondary N) is 2. The summed E-state index contributed by atoms with van der Waals surface area (Å²) in [5.41, 5.74) is 3.83. The molecule has 0 atom stereocenters. The fourth-order valence-electron chi connectivity index (χ4n) is 3.51. The highest BCUT2D eigenvalue weighted by atomic mass is 16.5. The lowest BCUT2D eigenvalue weighted by Gasteiger charge is -2.19. The minimum Gasteiger partial charge on any atom is -0.380 e. The Morgan fingerprint density at radius 3 is 2.87 bits per heavy atom. The minimum atomic E-state index is -0.231. The van der Waals surface area contributed by atoms with Gasteiger partial charge in [0.2, 0.25) is 5.95 Å². The summed E-state index contributed by atoms with van der Waals surface area (Å²) in [6, 6.07) is 12.1. The van der Waals surface area contributed by atoms with Crippen LogP contribution in [0.5, 0.6) is 0 Å². The molecule has 8 nitrogen and oxygen atoms in total. The van der Waals surface area contributed by atoms with Crippen LogP contribution in [0.3, 0.4) is 0 Å². The fourth-order valence-corrected chi connectivity index (χ4v) is 3.51. The summed E-state index contributed by atoms with van der Waals surface area (Å²) in [7, 11) is 0. The lowest BCUT2D eigenvalue weighted by molar-refractivity contribution is 0.0922. The highest BCUT2D eigenvalue weighted by Gasteiger charge is 2.24. The second-order valence-electron chi connectivity index (χ2n) is 7.12. The molecule has 0 bridgehead atoms. The van der Waals surface area contributed by atoms with Gasteiger partial charge in [0.15, 0.2) is 0 Å². The molecule has 4 rings (SSSR count). The van der Waals surface area contributed by atoms with E-state index in [0.29, 0.717) is 43.6 Å². The molecule has 0 saturated heterocycles. The van der Waals surface area contributed by atoms with Gasteiger partial charge >= 0.3 is 0 Å². The molecular weight excluding hydrogens is 392 g/mol. The highest BCUT2D eigenvalue weighted by Crippen LogP contribution is 2.33. The van der Waals surface area contributed by atoms with Crippen LogP contribution in [-0.4, -0.2) is 47.2 Å². The Kier molecular flexibility index (Phi) is 6.68. The first-order chi connectivity index (χ1) is 15.3. The average Bonchev–Trinajstić information content (AvgIpc) is 3.25. The van der Waals surface area contributed by atoms with Gasteiger partial charge in [0.25, 0.3) is 5.91 Å². The summed E-state index contributed by atoms with van der Waals surface area (Å²) < 4.78 is 5.30. The van der Waals surface area contributed by atoms with Crippen molar-refractivity contribution in [3.63, 3.8) is 0 Å². The van der Waals surface area contributed by atoms with E-state index in [2.05, 4.69) is 37.6 Å². The van der Waals surface area contributed by atoms with Gasteiger partial charge in [-0.3, -0.25) is 9.78 Å². The van der Waals surface area contributed by atoms with E-state index < -0.39 is 0 Å². The SMILES string of the molecule is CCOCCNC(=O)c1cnc(N2CCc3ccccc32)nc1NCc1ccncc1. The number of rotatable bonds is 9. The molecule has 8 heteroatoms. The lowest BCUT2D eigenvalue weighted by atomic mass is 10.2. The molecule has 3 aromatic rings. The Labute approximate surface area is 181 Å². The number of hydrogen-bond acceptors (Lipinski definition) is 7. The number of carbonyl (C=O) groups is 1. The van der Waals surface area contributed by atoms with Crippen LogP contribution in [0.25, 0.3) is 0 Å². The van der Waals surface area contributed by atoms with Crippen LogP contribution < -0.4 is 15.5 Å². The van der Waals surface area contributed by atoms with E-state index >= 15 is 0 Å². The Morgan fingerprint density at radius 1 is 1.19 bits per heavy atom. The van der Waals surface area contributed by atoms with Crippen molar-refractivity contribution in [3.8, 4) is 0 Å². The fraction of sp³-hybridized carbons (Fsp3) is 0.304. The van der Waals surface area contributed by atoms with E-state index in [1.54, 1.807) is 18.6 Å². The maximum absolute atomic E-state index is 12.8. The number of ether oxygens (including phenoxy) is 1. The van der Waals surface area contributed by atoms with Crippen LogP contribution in [-0.2, 0) is 17.7 Å². The van der Waals surface area contributed by atoms with Gasteiger partial charge in [-0.1, -0.05) is 18.2 Å². The normalized spacial score (nSPS) is 12.5. The molecule has 0 aliphatic carbocycles. The number of carbonyl (C=O) groups excluding carboxylic acids is 1. The standard InChI is InChI=1S/C23H26N6O2/c1-2-31-14-12-25-22(30)19-16-27-23(29-13-9-18-5-3-4-6-20(18)29)28-21(19)26-15-17-7-10-24-11-8-17/h3-8,10-11,16H,2,9,12-15H2,1H3,(H,25,30)(H,26,27,28). The van der Waals surface area contributed by atoms with Gasteiger partial charge in [0.05, 0.1) is 6.61 Å². The van der Waals surface area contributed by atoms with E-state index in [0.717, 1.165) is 24.2 Å². The van der Waals surface area contributed by atoms with E-state index in [1.807, 2.05) is 31.2 Å². The molecule has 0 spiro atoms. The van der Waals surface area contributed by atoms with Crippen LogP contribution in [0.4, 0.5) is 17.5 Å². The maximum Gasteiger partial charge on any atom is 0.256 e. The third-order valence-electron chi connectivity index (χ3n) is 5.09. The first kappa shape index (κ1) is 20.7. The van der Waals surface area contributed by atoms with Crippen LogP contribution in [0.2, 0.25) is 0 Å². The molecule has 3 heterocycles. The molecule has 160 valence electrons. The molecule has 0 radical (unpaired) electrons. The molecule has 1 aliphatic rings. The van der Waals surface area contributed by atoms with Crippen molar-refractivity contribution in [2.75, 3.05) is 36.5 Å². The number of nitrogens with zero attached hydrogens (tertiary/aromatic N) is 4.